The van der Waals surface area contributed by atoms with Gasteiger partial charge in [0.1, 0.15) is 6.54 Å². The molecule has 0 saturated carbocycles. The Bertz CT molecular complexity index is 510. The van der Waals surface area contributed by atoms with Gasteiger partial charge in [-0.15, -0.1) is 0 Å². The Kier molecular flexibility index (Phi) is 4.74. The summed E-state index contributed by atoms with van der Waals surface area (Å²) in [7, 11) is 0. The molecule has 4 nitrogen and oxygen atoms in total. The van der Waals surface area contributed by atoms with E-state index in [2.05, 4.69) is 45.1 Å². The molecule has 0 spiro atoms. The van der Waals surface area contributed by atoms with E-state index < -0.39 is 0 Å². The fourth-order valence-electron chi connectivity index (χ4n) is 1.62. The van der Waals surface area contributed by atoms with Crippen molar-refractivity contribution in [2.45, 2.75) is 13.0 Å². The summed E-state index contributed by atoms with van der Waals surface area (Å²) in [5.74, 6) is -0.00886. The van der Waals surface area contributed by atoms with E-state index in [9.17, 15) is 4.79 Å². The van der Waals surface area contributed by atoms with Crippen molar-refractivity contribution in [2.24, 2.45) is 0 Å². The van der Waals surface area contributed by atoms with Crippen LogP contribution in [0.2, 0.25) is 0 Å². The zero-order valence-electron chi connectivity index (χ0n) is 9.84. The molecule has 0 unspecified atom stereocenters. The Hall–Kier alpha value is -1.37. The molecular formula is C13H14IN3O. The van der Waals surface area contributed by atoms with E-state index in [1.807, 2.05) is 24.4 Å². The first-order valence-corrected chi connectivity index (χ1v) is 6.80. The molecule has 1 aromatic heterocycles. The Morgan fingerprint density at radius 2 is 2.11 bits per heavy atom. The number of halogens is 1. The summed E-state index contributed by atoms with van der Waals surface area (Å²) < 4.78 is 2.67. The smallest absolute Gasteiger partial charge is 0.241 e. The number of hydrogen-bond acceptors (Lipinski definition) is 2. The number of aromatic nitrogens is 2. The molecule has 1 amide bonds. The molecule has 0 aliphatic heterocycles. The van der Waals surface area contributed by atoms with Crippen molar-refractivity contribution in [1.82, 2.24) is 15.1 Å². The summed E-state index contributed by atoms with van der Waals surface area (Å²) in [5.41, 5.74) is 1.23. The van der Waals surface area contributed by atoms with E-state index in [0.717, 1.165) is 9.99 Å². The quantitative estimate of drug-likeness (QED) is 0.833. The average molecular weight is 355 g/mol. The molecule has 2 rings (SSSR count). The first-order valence-electron chi connectivity index (χ1n) is 5.72. The summed E-state index contributed by atoms with van der Waals surface area (Å²) in [6.07, 6.45) is 4.43. The highest BCUT2D eigenvalue weighted by atomic mass is 127. The zero-order chi connectivity index (χ0) is 12.8. The monoisotopic (exact) mass is 355 g/mol. The van der Waals surface area contributed by atoms with Crippen LogP contribution in [-0.4, -0.2) is 22.2 Å². The van der Waals surface area contributed by atoms with Gasteiger partial charge in [-0.05, 0) is 34.6 Å². The highest BCUT2D eigenvalue weighted by Crippen LogP contribution is 2.01. The molecule has 0 fully saturated rings. The van der Waals surface area contributed by atoms with Gasteiger partial charge in [-0.25, -0.2) is 0 Å². The minimum absolute atomic E-state index is 0.00886. The lowest BCUT2D eigenvalue weighted by molar-refractivity contribution is -0.121. The number of carbonyl (C=O) groups is 1. The van der Waals surface area contributed by atoms with Gasteiger partial charge < -0.3 is 5.32 Å². The van der Waals surface area contributed by atoms with Crippen molar-refractivity contribution in [3.8, 4) is 0 Å². The first kappa shape index (κ1) is 13.1. The van der Waals surface area contributed by atoms with E-state index in [0.29, 0.717) is 6.54 Å². The number of rotatable bonds is 5. The molecule has 18 heavy (non-hydrogen) atoms. The van der Waals surface area contributed by atoms with Crippen molar-refractivity contribution < 1.29 is 4.79 Å². The van der Waals surface area contributed by atoms with Crippen LogP contribution in [0.1, 0.15) is 5.56 Å². The lowest BCUT2D eigenvalue weighted by Gasteiger charge is -2.05. The van der Waals surface area contributed by atoms with Gasteiger partial charge in [0, 0.05) is 12.7 Å². The van der Waals surface area contributed by atoms with Gasteiger partial charge in [0.25, 0.3) is 0 Å². The van der Waals surface area contributed by atoms with Crippen LogP contribution in [0.25, 0.3) is 0 Å². The maximum atomic E-state index is 11.6. The fourth-order valence-corrected chi connectivity index (χ4v) is 2.06. The number of benzene rings is 1. The van der Waals surface area contributed by atoms with Gasteiger partial charge in [-0.2, -0.15) is 5.10 Å². The van der Waals surface area contributed by atoms with Crippen molar-refractivity contribution in [2.75, 3.05) is 6.54 Å². The summed E-state index contributed by atoms with van der Waals surface area (Å²) in [6, 6.07) is 10.1. The van der Waals surface area contributed by atoms with Crippen molar-refractivity contribution in [3.05, 3.63) is 51.9 Å². The molecule has 1 heterocycles. The molecule has 2 aromatic rings. The van der Waals surface area contributed by atoms with Gasteiger partial charge in [0.2, 0.25) is 5.91 Å². The summed E-state index contributed by atoms with van der Waals surface area (Å²) in [4.78, 5) is 11.6. The highest BCUT2D eigenvalue weighted by Gasteiger charge is 2.03. The molecule has 5 heteroatoms. The van der Waals surface area contributed by atoms with Gasteiger partial charge in [-0.1, -0.05) is 30.3 Å². The molecule has 0 aliphatic carbocycles. The molecule has 0 radical (unpaired) electrons. The molecule has 1 aromatic carbocycles. The zero-order valence-corrected chi connectivity index (χ0v) is 12.0. The minimum Gasteiger partial charge on any atom is -0.354 e. The van der Waals surface area contributed by atoms with Crippen LogP contribution in [0.3, 0.4) is 0 Å². The standard InChI is InChI=1S/C13H14IN3O/c14-12-8-16-17(9-12)10-13(18)15-7-6-11-4-2-1-3-5-11/h1-5,8-9H,6-7,10H2,(H,15,18). The number of amides is 1. The molecule has 0 aliphatic rings. The van der Waals surface area contributed by atoms with Gasteiger partial charge in [-0.3, -0.25) is 9.48 Å². The van der Waals surface area contributed by atoms with Gasteiger partial charge in [0.15, 0.2) is 0 Å². The van der Waals surface area contributed by atoms with Crippen LogP contribution in [0.15, 0.2) is 42.7 Å². The normalized spacial score (nSPS) is 10.3. The average Bonchev–Trinajstić information content (AvgIpc) is 2.76. The van der Waals surface area contributed by atoms with Crippen molar-refractivity contribution in [1.29, 1.82) is 0 Å². The fraction of sp³-hybridized carbons (Fsp3) is 0.231. The Morgan fingerprint density at radius 3 is 2.78 bits per heavy atom. The lowest BCUT2D eigenvalue weighted by Crippen LogP contribution is -2.29. The van der Waals surface area contributed by atoms with Crippen molar-refractivity contribution in [3.63, 3.8) is 0 Å². The van der Waals surface area contributed by atoms with Crippen LogP contribution >= 0.6 is 22.6 Å². The van der Waals surface area contributed by atoms with Crippen LogP contribution < -0.4 is 5.32 Å². The predicted octanol–water partition coefficient (Wildman–Crippen LogP) is 1.85. The highest BCUT2D eigenvalue weighted by molar-refractivity contribution is 14.1. The third kappa shape index (κ3) is 4.14. The summed E-state index contributed by atoms with van der Waals surface area (Å²) in [6.45, 7) is 0.930. The van der Waals surface area contributed by atoms with Gasteiger partial charge in [0.05, 0.1) is 9.77 Å². The van der Waals surface area contributed by atoms with E-state index in [-0.39, 0.29) is 12.5 Å². The third-order valence-electron chi connectivity index (χ3n) is 2.49. The molecule has 0 atom stereocenters. The number of carbonyl (C=O) groups excluding carboxylic acids is 1. The lowest BCUT2D eigenvalue weighted by atomic mass is 10.1. The van der Waals surface area contributed by atoms with E-state index >= 15 is 0 Å². The van der Waals surface area contributed by atoms with Crippen LogP contribution in [0.4, 0.5) is 0 Å². The Balaban J connectivity index is 1.72. The Labute approximate surface area is 120 Å². The second kappa shape index (κ2) is 6.53. The second-order valence-corrected chi connectivity index (χ2v) is 5.19. The molecule has 94 valence electrons. The maximum absolute atomic E-state index is 11.6. The number of nitrogens with one attached hydrogen (secondary N) is 1. The van der Waals surface area contributed by atoms with E-state index in [1.165, 1.54) is 5.56 Å². The largest absolute Gasteiger partial charge is 0.354 e. The number of hydrogen-bond donors (Lipinski definition) is 1. The molecule has 0 bridgehead atoms. The summed E-state index contributed by atoms with van der Waals surface area (Å²) >= 11 is 2.17. The molecule has 0 saturated heterocycles. The van der Waals surface area contributed by atoms with Gasteiger partial charge >= 0.3 is 0 Å². The SMILES string of the molecule is O=C(Cn1cc(I)cn1)NCCc1ccccc1. The Morgan fingerprint density at radius 1 is 1.33 bits per heavy atom. The van der Waals surface area contributed by atoms with E-state index in [4.69, 9.17) is 0 Å². The minimum atomic E-state index is -0.00886. The van der Waals surface area contributed by atoms with Crippen molar-refractivity contribution >= 4 is 28.5 Å². The predicted molar refractivity (Wildman–Crippen MR) is 78.1 cm³/mol. The van der Waals surface area contributed by atoms with Crippen LogP contribution in [0, 0.1) is 3.57 Å². The molecular weight excluding hydrogens is 341 g/mol. The first-order chi connectivity index (χ1) is 8.74. The van der Waals surface area contributed by atoms with Crippen LogP contribution in [0.5, 0.6) is 0 Å². The maximum Gasteiger partial charge on any atom is 0.241 e. The molecule has 1 N–H and O–H groups in total. The van der Waals surface area contributed by atoms with E-state index in [1.54, 1.807) is 10.9 Å². The topological polar surface area (TPSA) is 46.9 Å². The third-order valence-corrected chi connectivity index (χ3v) is 3.04. The second-order valence-electron chi connectivity index (χ2n) is 3.94. The van der Waals surface area contributed by atoms with Crippen LogP contribution in [-0.2, 0) is 17.8 Å². The summed E-state index contributed by atoms with van der Waals surface area (Å²) in [5, 5.41) is 6.96. The number of nitrogens with zero attached hydrogens (tertiary/aromatic N) is 2.